The van der Waals surface area contributed by atoms with Gasteiger partial charge in [0.15, 0.2) is 0 Å². The second-order valence-corrected chi connectivity index (χ2v) is 5.48. The molecular weight excluding hydrogens is 332 g/mol. The van der Waals surface area contributed by atoms with E-state index in [4.69, 9.17) is 8.83 Å². The van der Waals surface area contributed by atoms with Crippen molar-refractivity contribution < 1.29 is 13.6 Å². The number of furan rings is 2. The molecule has 3 aromatic rings. The minimum atomic E-state index is -0.328. The van der Waals surface area contributed by atoms with Gasteiger partial charge in [-0.2, -0.15) is 10.2 Å². The van der Waals surface area contributed by atoms with E-state index in [1.54, 1.807) is 55.8 Å². The van der Waals surface area contributed by atoms with Gasteiger partial charge in [0.05, 0.1) is 18.2 Å². The first-order valence-corrected chi connectivity index (χ1v) is 7.96. The van der Waals surface area contributed by atoms with Crippen molar-refractivity contribution in [2.75, 3.05) is 5.43 Å². The van der Waals surface area contributed by atoms with Crippen LogP contribution in [0, 0.1) is 0 Å². The highest BCUT2D eigenvalue weighted by molar-refractivity contribution is 5.99. The van der Waals surface area contributed by atoms with Crippen molar-refractivity contribution in [1.29, 1.82) is 0 Å². The van der Waals surface area contributed by atoms with Gasteiger partial charge in [-0.1, -0.05) is 6.07 Å². The molecule has 0 aliphatic heterocycles. The Morgan fingerprint density at radius 3 is 2.15 bits per heavy atom. The monoisotopic (exact) mass is 350 g/mol. The lowest BCUT2D eigenvalue weighted by Crippen LogP contribution is -2.19. The van der Waals surface area contributed by atoms with Crippen molar-refractivity contribution >= 4 is 23.0 Å². The van der Waals surface area contributed by atoms with E-state index in [1.807, 2.05) is 19.1 Å². The highest BCUT2D eigenvalue weighted by Crippen LogP contribution is 2.12. The molecule has 0 bridgehead atoms. The van der Waals surface area contributed by atoms with Crippen LogP contribution >= 0.6 is 0 Å². The Kier molecular flexibility index (Phi) is 5.28. The maximum absolute atomic E-state index is 12.3. The van der Waals surface area contributed by atoms with Crippen LogP contribution in [0.3, 0.4) is 0 Å². The summed E-state index contributed by atoms with van der Waals surface area (Å²) in [4.78, 5) is 12.3. The average Bonchev–Trinajstić information content (AvgIpc) is 3.38. The highest BCUT2D eigenvalue weighted by Gasteiger charge is 2.07. The molecule has 0 spiro atoms. The van der Waals surface area contributed by atoms with Gasteiger partial charge in [0.1, 0.15) is 22.9 Å². The van der Waals surface area contributed by atoms with Crippen LogP contribution in [0.1, 0.15) is 35.7 Å². The predicted octanol–water partition coefficient (Wildman–Crippen LogP) is 3.86. The molecule has 0 radical (unpaired) electrons. The van der Waals surface area contributed by atoms with Crippen molar-refractivity contribution in [3.05, 3.63) is 78.1 Å². The molecule has 0 aliphatic carbocycles. The smallest absolute Gasteiger partial charge is 0.271 e. The number of hydrazone groups is 2. The van der Waals surface area contributed by atoms with Crippen molar-refractivity contribution in [3.8, 4) is 0 Å². The van der Waals surface area contributed by atoms with Crippen LogP contribution in [0.4, 0.5) is 5.69 Å². The zero-order valence-corrected chi connectivity index (χ0v) is 14.4. The summed E-state index contributed by atoms with van der Waals surface area (Å²) in [7, 11) is 0. The lowest BCUT2D eigenvalue weighted by atomic mass is 10.2. The van der Waals surface area contributed by atoms with E-state index >= 15 is 0 Å². The van der Waals surface area contributed by atoms with Gasteiger partial charge in [-0.05, 0) is 56.3 Å². The Morgan fingerprint density at radius 1 is 0.885 bits per heavy atom. The molecule has 132 valence electrons. The van der Waals surface area contributed by atoms with E-state index in [-0.39, 0.29) is 5.91 Å². The molecule has 7 nitrogen and oxygen atoms in total. The molecule has 0 fully saturated rings. The van der Waals surface area contributed by atoms with E-state index in [0.29, 0.717) is 34.2 Å². The number of carbonyl (C=O) groups is 1. The second-order valence-electron chi connectivity index (χ2n) is 5.48. The fourth-order valence-corrected chi connectivity index (χ4v) is 2.16. The summed E-state index contributed by atoms with van der Waals surface area (Å²) < 4.78 is 10.5. The van der Waals surface area contributed by atoms with Gasteiger partial charge in [-0.3, -0.25) is 10.2 Å². The summed E-state index contributed by atoms with van der Waals surface area (Å²) in [6, 6.07) is 14.1. The fourth-order valence-electron chi connectivity index (χ4n) is 2.16. The van der Waals surface area contributed by atoms with Crippen molar-refractivity contribution in [2.45, 2.75) is 13.8 Å². The Bertz CT molecular complexity index is 926. The minimum Gasteiger partial charge on any atom is -0.463 e. The van der Waals surface area contributed by atoms with Crippen molar-refractivity contribution in [3.63, 3.8) is 0 Å². The van der Waals surface area contributed by atoms with Gasteiger partial charge in [-0.15, -0.1) is 0 Å². The molecular formula is C19H18N4O3. The van der Waals surface area contributed by atoms with Crippen LogP contribution in [0.5, 0.6) is 0 Å². The maximum Gasteiger partial charge on any atom is 0.271 e. The zero-order chi connectivity index (χ0) is 18.4. The highest BCUT2D eigenvalue weighted by atomic mass is 16.3. The number of amides is 1. The van der Waals surface area contributed by atoms with Gasteiger partial charge in [0.25, 0.3) is 5.91 Å². The number of rotatable bonds is 6. The molecule has 0 unspecified atom stereocenters. The first-order valence-electron chi connectivity index (χ1n) is 7.96. The average molecular weight is 350 g/mol. The van der Waals surface area contributed by atoms with Gasteiger partial charge >= 0.3 is 0 Å². The lowest BCUT2D eigenvalue weighted by molar-refractivity contribution is 0.0955. The molecule has 1 aromatic carbocycles. The molecule has 0 saturated heterocycles. The second kappa shape index (κ2) is 7.98. The Labute approximate surface area is 150 Å². The van der Waals surface area contributed by atoms with Crippen LogP contribution in [0.2, 0.25) is 0 Å². The van der Waals surface area contributed by atoms with Crippen LogP contribution in [-0.4, -0.2) is 17.3 Å². The van der Waals surface area contributed by atoms with E-state index in [9.17, 15) is 4.79 Å². The largest absolute Gasteiger partial charge is 0.463 e. The Morgan fingerprint density at radius 2 is 1.54 bits per heavy atom. The molecule has 26 heavy (non-hydrogen) atoms. The number of benzene rings is 1. The summed E-state index contributed by atoms with van der Waals surface area (Å²) in [6.45, 7) is 3.58. The van der Waals surface area contributed by atoms with Crippen LogP contribution in [0.25, 0.3) is 0 Å². The predicted molar refractivity (Wildman–Crippen MR) is 99.4 cm³/mol. The molecule has 0 aliphatic rings. The summed E-state index contributed by atoms with van der Waals surface area (Å²) in [5.41, 5.74) is 7.83. The Balaban J connectivity index is 1.66. The van der Waals surface area contributed by atoms with Crippen LogP contribution in [0.15, 0.2) is 80.1 Å². The third-order valence-corrected chi connectivity index (χ3v) is 3.56. The number of nitrogens with zero attached hydrogens (tertiary/aromatic N) is 2. The molecule has 2 aromatic heterocycles. The third-order valence-electron chi connectivity index (χ3n) is 3.56. The maximum atomic E-state index is 12.3. The number of nitrogens with one attached hydrogen (secondary N) is 2. The van der Waals surface area contributed by atoms with E-state index in [2.05, 4.69) is 21.1 Å². The normalized spacial score (nSPS) is 12.1. The first-order chi connectivity index (χ1) is 12.6. The van der Waals surface area contributed by atoms with Gasteiger partial charge in [0, 0.05) is 5.56 Å². The summed E-state index contributed by atoms with van der Waals surface area (Å²) >= 11 is 0. The van der Waals surface area contributed by atoms with Gasteiger partial charge in [-0.25, -0.2) is 5.43 Å². The first kappa shape index (κ1) is 17.2. The quantitative estimate of drug-likeness (QED) is 0.521. The zero-order valence-electron chi connectivity index (χ0n) is 14.4. The number of anilines is 1. The standard InChI is InChI=1S/C19H18N4O3/c1-13(17-8-4-10-25-17)20-22-16-7-3-6-15(12-16)19(24)23-21-14(2)18-9-5-11-26-18/h3-12,22H,1-2H3,(H,23,24). The summed E-state index contributed by atoms with van der Waals surface area (Å²) in [6.07, 6.45) is 3.14. The number of carbonyl (C=O) groups excluding carboxylic acids is 1. The third kappa shape index (κ3) is 4.27. The van der Waals surface area contributed by atoms with Crippen LogP contribution < -0.4 is 10.9 Å². The van der Waals surface area contributed by atoms with Crippen molar-refractivity contribution in [1.82, 2.24) is 5.43 Å². The topological polar surface area (TPSA) is 92.1 Å². The van der Waals surface area contributed by atoms with Crippen LogP contribution in [-0.2, 0) is 0 Å². The molecule has 2 N–H and O–H groups in total. The lowest BCUT2D eigenvalue weighted by Gasteiger charge is -2.05. The fraction of sp³-hybridized carbons (Fsp3) is 0.105. The molecule has 0 atom stereocenters. The molecule has 1 amide bonds. The number of hydrogen-bond donors (Lipinski definition) is 2. The molecule has 3 rings (SSSR count). The van der Waals surface area contributed by atoms with Gasteiger partial charge < -0.3 is 8.83 Å². The molecule has 2 heterocycles. The van der Waals surface area contributed by atoms with E-state index < -0.39 is 0 Å². The van der Waals surface area contributed by atoms with Gasteiger partial charge in [0.2, 0.25) is 0 Å². The molecule has 7 heteroatoms. The summed E-state index contributed by atoms with van der Waals surface area (Å²) in [5.74, 6) is 0.948. The minimum absolute atomic E-state index is 0.328. The van der Waals surface area contributed by atoms with Crippen molar-refractivity contribution in [2.24, 2.45) is 10.2 Å². The molecule has 0 saturated carbocycles. The Hall–Kier alpha value is -3.61. The van der Waals surface area contributed by atoms with E-state index in [1.165, 1.54) is 0 Å². The summed E-state index contributed by atoms with van der Waals surface area (Å²) in [5, 5.41) is 8.29. The SMILES string of the molecule is CC(=NNC(=O)c1cccc(NN=C(C)c2ccco2)c1)c1ccco1. The van der Waals surface area contributed by atoms with E-state index in [0.717, 1.165) is 0 Å². The number of hydrogen-bond acceptors (Lipinski definition) is 6.